The number of amides is 2. The lowest BCUT2D eigenvalue weighted by Crippen LogP contribution is -2.43. The lowest BCUT2D eigenvalue weighted by molar-refractivity contribution is -0.147. The van der Waals surface area contributed by atoms with E-state index < -0.39 is 17.9 Å². The van der Waals surface area contributed by atoms with E-state index >= 15 is 0 Å². The van der Waals surface area contributed by atoms with Gasteiger partial charge in [0.25, 0.3) is 0 Å². The van der Waals surface area contributed by atoms with E-state index in [9.17, 15) is 14.4 Å². The molecule has 1 fully saturated rings. The number of aliphatic carboxylic acids is 1. The highest BCUT2D eigenvalue weighted by molar-refractivity contribution is 5.96. The van der Waals surface area contributed by atoms with Gasteiger partial charge in [0.05, 0.1) is 0 Å². The second-order valence-electron chi connectivity index (χ2n) is 4.33. The molecule has 2 N–H and O–H groups in total. The zero-order chi connectivity index (χ0) is 13.8. The minimum Gasteiger partial charge on any atom is -0.480 e. The van der Waals surface area contributed by atoms with E-state index in [0.29, 0.717) is 5.69 Å². The summed E-state index contributed by atoms with van der Waals surface area (Å²) in [6.45, 7) is -0.231. The highest BCUT2D eigenvalue weighted by atomic mass is 16.4. The van der Waals surface area contributed by atoms with Crippen molar-refractivity contribution in [2.75, 3.05) is 11.9 Å². The molecule has 6 heteroatoms. The molecule has 0 aliphatic carbocycles. The number of hydrogen-bond donors (Lipinski definition) is 2. The smallest absolute Gasteiger partial charge is 0.326 e. The molecule has 0 radical (unpaired) electrons. The summed E-state index contributed by atoms with van der Waals surface area (Å²) >= 11 is 0. The summed E-state index contributed by atoms with van der Waals surface area (Å²) in [6, 6.07) is 7.92. The Hall–Kier alpha value is -2.37. The fourth-order valence-corrected chi connectivity index (χ4v) is 2.07. The molecule has 1 aromatic carbocycles. The Labute approximate surface area is 110 Å². The summed E-state index contributed by atoms with van der Waals surface area (Å²) in [6.07, 6.45) is 0.433. The van der Waals surface area contributed by atoms with Gasteiger partial charge in [-0.15, -0.1) is 0 Å². The molecule has 0 spiro atoms. The van der Waals surface area contributed by atoms with Gasteiger partial charge in [-0.25, -0.2) is 4.79 Å². The Kier molecular flexibility index (Phi) is 3.79. The Bertz CT molecular complexity index is 501. The number of nitrogens with zero attached hydrogens (tertiary/aromatic N) is 1. The summed E-state index contributed by atoms with van der Waals surface area (Å²) in [5.41, 5.74) is 0.617. The number of carbonyl (C=O) groups excluding carboxylic acids is 2. The van der Waals surface area contributed by atoms with Gasteiger partial charge in [0.1, 0.15) is 12.6 Å². The molecule has 6 nitrogen and oxygen atoms in total. The van der Waals surface area contributed by atoms with Crippen LogP contribution >= 0.6 is 0 Å². The molecule has 2 amide bonds. The number of anilines is 1. The first-order chi connectivity index (χ1) is 9.08. The zero-order valence-electron chi connectivity index (χ0n) is 10.2. The molecule has 1 atom stereocenters. The molecule has 1 aliphatic heterocycles. The Morgan fingerprint density at radius 3 is 2.63 bits per heavy atom. The normalized spacial score (nSPS) is 18.4. The Balaban J connectivity index is 1.98. The van der Waals surface area contributed by atoms with E-state index in [4.69, 9.17) is 5.11 Å². The molecule has 0 bridgehead atoms. The van der Waals surface area contributed by atoms with E-state index in [1.54, 1.807) is 24.3 Å². The zero-order valence-corrected chi connectivity index (χ0v) is 10.2. The lowest BCUT2D eigenvalue weighted by Gasteiger charge is -2.20. The quantitative estimate of drug-likeness (QED) is 0.836. The topological polar surface area (TPSA) is 86.7 Å². The predicted molar refractivity (Wildman–Crippen MR) is 67.4 cm³/mol. The van der Waals surface area contributed by atoms with E-state index in [-0.39, 0.29) is 25.3 Å². The van der Waals surface area contributed by atoms with Crippen LogP contribution in [0.15, 0.2) is 30.3 Å². The third kappa shape index (κ3) is 3.09. The van der Waals surface area contributed by atoms with Crippen LogP contribution in [0.3, 0.4) is 0 Å². The van der Waals surface area contributed by atoms with Crippen LogP contribution in [-0.2, 0) is 14.4 Å². The van der Waals surface area contributed by atoms with Crippen molar-refractivity contribution >= 4 is 23.5 Å². The second kappa shape index (κ2) is 5.51. The number of likely N-dealkylation sites (tertiary alicyclic amines) is 1. The minimum absolute atomic E-state index is 0.176. The first-order valence-corrected chi connectivity index (χ1v) is 5.95. The second-order valence-corrected chi connectivity index (χ2v) is 4.33. The molecule has 2 rings (SSSR count). The number of hydrogen-bond acceptors (Lipinski definition) is 3. The maximum absolute atomic E-state index is 11.8. The molecule has 0 saturated carbocycles. The van der Waals surface area contributed by atoms with Gasteiger partial charge in [-0.1, -0.05) is 18.2 Å². The van der Waals surface area contributed by atoms with Crippen LogP contribution in [-0.4, -0.2) is 40.4 Å². The van der Waals surface area contributed by atoms with E-state index in [1.165, 1.54) is 0 Å². The molecular formula is C13H14N2O4. The maximum Gasteiger partial charge on any atom is 0.326 e. The molecular weight excluding hydrogens is 248 g/mol. The fraction of sp³-hybridized carbons (Fsp3) is 0.308. The van der Waals surface area contributed by atoms with Gasteiger partial charge in [-0.05, 0) is 18.6 Å². The van der Waals surface area contributed by atoms with Crippen molar-refractivity contribution in [1.29, 1.82) is 0 Å². The van der Waals surface area contributed by atoms with Gasteiger partial charge in [-0.3, -0.25) is 9.59 Å². The molecule has 100 valence electrons. The van der Waals surface area contributed by atoms with Gasteiger partial charge in [-0.2, -0.15) is 0 Å². The highest BCUT2D eigenvalue weighted by Crippen LogP contribution is 2.18. The number of nitrogens with one attached hydrogen (secondary N) is 1. The largest absolute Gasteiger partial charge is 0.480 e. The minimum atomic E-state index is -1.07. The van der Waals surface area contributed by atoms with Gasteiger partial charge < -0.3 is 15.3 Å². The highest BCUT2D eigenvalue weighted by Gasteiger charge is 2.36. The third-order valence-electron chi connectivity index (χ3n) is 2.98. The van der Waals surface area contributed by atoms with E-state index in [2.05, 4.69) is 5.32 Å². The van der Waals surface area contributed by atoms with Gasteiger partial charge >= 0.3 is 5.97 Å². The molecule has 1 heterocycles. The standard InChI is InChI=1S/C13H14N2O4/c16-11(14-9-4-2-1-3-5-9)8-15-10(13(18)19)6-7-12(15)17/h1-5,10H,6-8H2,(H,14,16)(H,18,19). The molecule has 1 aromatic rings. The molecule has 0 aromatic heterocycles. The van der Waals surface area contributed by atoms with Crippen molar-refractivity contribution < 1.29 is 19.5 Å². The van der Waals surface area contributed by atoms with Crippen molar-refractivity contribution in [3.8, 4) is 0 Å². The average Bonchev–Trinajstić information content (AvgIpc) is 2.72. The van der Waals surface area contributed by atoms with Crippen LogP contribution < -0.4 is 5.32 Å². The summed E-state index contributed by atoms with van der Waals surface area (Å²) < 4.78 is 0. The van der Waals surface area contributed by atoms with Crippen molar-refractivity contribution in [2.45, 2.75) is 18.9 Å². The van der Waals surface area contributed by atoms with Crippen LogP contribution in [0.1, 0.15) is 12.8 Å². The maximum atomic E-state index is 11.8. The monoisotopic (exact) mass is 262 g/mol. The lowest BCUT2D eigenvalue weighted by atomic mass is 10.2. The molecule has 1 aliphatic rings. The molecule has 19 heavy (non-hydrogen) atoms. The summed E-state index contributed by atoms with van der Waals surface area (Å²) in [7, 11) is 0. The number of benzene rings is 1. The van der Waals surface area contributed by atoms with Gasteiger partial charge in [0.2, 0.25) is 11.8 Å². The van der Waals surface area contributed by atoms with Crippen LogP contribution in [0, 0.1) is 0 Å². The first-order valence-electron chi connectivity index (χ1n) is 5.95. The van der Waals surface area contributed by atoms with Crippen LogP contribution in [0.4, 0.5) is 5.69 Å². The Morgan fingerprint density at radius 1 is 1.32 bits per heavy atom. The van der Waals surface area contributed by atoms with Crippen LogP contribution in [0.5, 0.6) is 0 Å². The number of carboxylic acid groups (broad SMARTS) is 1. The van der Waals surface area contributed by atoms with Crippen molar-refractivity contribution in [3.63, 3.8) is 0 Å². The average molecular weight is 262 g/mol. The van der Waals surface area contributed by atoms with Gasteiger partial charge in [0.15, 0.2) is 0 Å². The number of carboxylic acids is 1. The predicted octanol–water partition coefficient (Wildman–Crippen LogP) is 0.701. The Morgan fingerprint density at radius 2 is 2.00 bits per heavy atom. The third-order valence-corrected chi connectivity index (χ3v) is 2.98. The van der Waals surface area contributed by atoms with Crippen molar-refractivity contribution in [3.05, 3.63) is 30.3 Å². The SMILES string of the molecule is O=C(CN1C(=O)CCC1C(=O)O)Nc1ccccc1. The fourth-order valence-electron chi connectivity index (χ4n) is 2.07. The van der Waals surface area contributed by atoms with E-state index in [1.807, 2.05) is 6.07 Å². The summed E-state index contributed by atoms with van der Waals surface area (Å²) in [5.74, 6) is -1.76. The van der Waals surface area contributed by atoms with Crippen molar-refractivity contribution in [1.82, 2.24) is 4.90 Å². The van der Waals surface area contributed by atoms with Gasteiger partial charge in [0, 0.05) is 12.1 Å². The van der Waals surface area contributed by atoms with Crippen LogP contribution in [0.2, 0.25) is 0 Å². The van der Waals surface area contributed by atoms with Crippen LogP contribution in [0.25, 0.3) is 0 Å². The summed E-state index contributed by atoms with van der Waals surface area (Å²) in [4.78, 5) is 35.4. The molecule has 1 saturated heterocycles. The number of carbonyl (C=O) groups is 3. The summed E-state index contributed by atoms with van der Waals surface area (Å²) in [5, 5.41) is 11.6. The van der Waals surface area contributed by atoms with E-state index in [0.717, 1.165) is 4.90 Å². The molecule has 1 unspecified atom stereocenters. The number of rotatable bonds is 4. The number of para-hydroxylation sites is 1. The van der Waals surface area contributed by atoms with Crippen molar-refractivity contribution in [2.24, 2.45) is 0 Å². The first kappa shape index (κ1) is 13.1.